The molecule has 2 aromatic rings. The minimum Gasteiger partial charge on any atom is -0.481 e. The van der Waals surface area contributed by atoms with E-state index in [-0.39, 0.29) is 12.5 Å². The third-order valence-corrected chi connectivity index (χ3v) is 3.58. The zero-order chi connectivity index (χ0) is 13.4. The molecule has 7 nitrogen and oxygen atoms in total. The van der Waals surface area contributed by atoms with E-state index in [0.29, 0.717) is 22.2 Å². The van der Waals surface area contributed by atoms with Crippen molar-refractivity contribution in [2.24, 2.45) is 5.92 Å². The molecule has 1 N–H and O–H groups in total. The number of rotatable bonds is 5. The van der Waals surface area contributed by atoms with Gasteiger partial charge in [-0.2, -0.15) is 0 Å². The molecule has 1 fully saturated rings. The minimum absolute atomic E-state index is 0.0184. The first-order valence-electron chi connectivity index (χ1n) is 5.90. The van der Waals surface area contributed by atoms with Crippen LogP contribution in [0.3, 0.4) is 0 Å². The van der Waals surface area contributed by atoms with Crippen LogP contribution in [0, 0.1) is 5.92 Å². The second-order valence-electron chi connectivity index (χ2n) is 4.55. The van der Waals surface area contributed by atoms with Crippen molar-refractivity contribution >= 4 is 21.9 Å². The van der Waals surface area contributed by atoms with Crippen LogP contribution in [0.1, 0.15) is 25.3 Å². The van der Waals surface area contributed by atoms with Gasteiger partial charge in [0.15, 0.2) is 10.4 Å². The average molecular weight is 327 g/mol. The Morgan fingerprint density at radius 2 is 2.37 bits per heavy atom. The molecule has 1 unspecified atom stereocenters. The van der Waals surface area contributed by atoms with E-state index in [1.54, 1.807) is 16.8 Å². The molecule has 1 aliphatic carbocycles. The van der Waals surface area contributed by atoms with Crippen molar-refractivity contribution in [1.82, 2.24) is 20.2 Å². The molecule has 2 aromatic heterocycles. The number of carboxylic acids is 1. The number of halogens is 1. The molecule has 1 aliphatic rings. The highest BCUT2D eigenvalue weighted by Crippen LogP contribution is 2.42. The van der Waals surface area contributed by atoms with Crippen molar-refractivity contribution < 1.29 is 14.3 Å². The maximum atomic E-state index is 11.0. The van der Waals surface area contributed by atoms with Gasteiger partial charge in [-0.05, 0) is 57.2 Å². The van der Waals surface area contributed by atoms with Gasteiger partial charge in [0, 0.05) is 0 Å². The SMILES string of the molecule is O=C(O)CC(C1CC1)n1nnnc1-c1ccc(Br)o1. The van der Waals surface area contributed by atoms with Gasteiger partial charge in [-0.1, -0.05) is 0 Å². The molecular weight excluding hydrogens is 316 g/mol. The number of aromatic nitrogens is 4. The summed E-state index contributed by atoms with van der Waals surface area (Å²) in [6.45, 7) is 0. The van der Waals surface area contributed by atoms with E-state index in [1.807, 2.05) is 0 Å². The molecule has 2 heterocycles. The summed E-state index contributed by atoms with van der Waals surface area (Å²) in [5.74, 6) is 0.465. The van der Waals surface area contributed by atoms with Gasteiger partial charge in [0.05, 0.1) is 12.5 Å². The van der Waals surface area contributed by atoms with Gasteiger partial charge in [0.1, 0.15) is 0 Å². The number of nitrogens with zero attached hydrogens (tertiary/aromatic N) is 4. The van der Waals surface area contributed by atoms with Crippen molar-refractivity contribution in [3.8, 4) is 11.6 Å². The molecule has 0 radical (unpaired) electrons. The molecular formula is C11H11BrN4O3. The fraction of sp³-hybridized carbons (Fsp3) is 0.455. The monoisotopic (exact) mass is 326 g/mol. The topological polar surface area (TPSA) is 94.0 Å². The third kappa shape index (κ3) is 2.53. The predicted octanol–water partition coefficient (Wildman–Crippen LogP) is 2.12. The molecule has 100 valence electrons. The number of aliphatic carboxylic acids is 1. The van der Waals surface area contributed by atoms with Gasteiger partial charge in [0.2, 0.25) is 5.82 Å². The lowest BCUT2D eigenvalue weighted by Crippen LogP contribution is -2.18. The van der Waals surface area contributed by atoms with Crippen LogP contribution in [0.2, 0.25) is 0 Å². The molecule has 1 atom stereocenters. The molecule has 0 aromatic carbocycles. The van der Waals surface area contributed by atoms with E-state index in [0.717, 1.165) is 12.8 Å². The van der Waals surface area contributed by atoms with Crippen LogP contribution >= 0.6 is 15.9 Å². The highest BCUT2D eigenvalue weighted by Gasteiger charge is 2.36. The minimum atomic E-state index is -0.848. The highest BCUT2D eigenvalue weighted by molar-refractivity contribution is 9.10. The van der Waals surface area contributed by atoms with Crippen molar-refractivity contribution in [2.45, 2.75) is 25.3 Å². The molecule has 19 heavy (non-hydrogen) atoms. The van der Waals surface area contributed by atoms with Crippen LogP contribution < -0.4 is 0 Å². The Kier molecular flexibility index (Phi) is 3.09. The predicted molar refractivity (Wildman–Crippen MR) is 67.2 cm³/mol. The maximum Gasteiger partial charge on any atom is 0.305 e. The number of tetrazole rings is 1. The Morgan fingerprint density at radius 3 is 2.95 bits per heavy atom. The molecule has 0 aliphatic heterocycles. The van der Waals surface area contributed by atoms with Crippen molar-refractivity contribution in [1.29, 1.82) is 0 Å². The first kappa shape index (κ1) is 12.3. The van der Waals surface area contributed by atoms with Crippen LogP contribution in [0.4, 0.5) is 0 Å². The Bertz CT molecular complexity index is 605. The van der Waals surface area contributed by atoms with E-state index >= 15 is 0 Å². The average Bonchev–Trinajstić information content (AvgIpc) is 2.92. The lowest BCUT2D eigenvalue weighted by Gasteiger charge is -2.14. The zero-order valence-electron chi connectivity index (χ0n) is 9.86. The number of carbonyl (C=O) groups is 1. The largest absolute Gasteiger partial charge is 0.481 e. The fourth-order valence-corrected chi connectivity index (χ4v) is 2.43. The summed E-state index contributed by atoms with van der Waals surface area (Å²) in [6, 6.07) is 3.28. The van der Waals surface area contributed by atoms with Gasteiger partial charge in [-0.15, -0.1) is 5.10 Å². The Morgan fingerprint density at radius 1 is 1.58 bits per heavy atom. The van der Waals surface area contributed by atoms with Gasteiger partial charge in [-0.25, -0.2) is 4.68 Å². The van der Waals surface area contributed by atoms with E-state index in [4.69, 9.17) is 9.52 Å². The van der Waals surface area contributed by atoms with Gasteiger partial charge in [-0.3, -0.25) is 4.79 Å². The van der Waals surface area contributed by atoms with E-state index in [2.05, 4.69) is 31.5 Å². The van der Waals surface area contributed by atoms with Crippen LogP contribution in [0.25, 0.3) is 11.6 Å². The van der Waals surface area contributed by atoms with Gasteiger partial charge < -0.3 is 9.52 Å². The highest BCUT2D eigenvalue weighted by atomic mass is 79.9. The normalized spacial score (nSPS) is 16.5. The van der Waals surface area contributed by atoms with E-state index in [9.17, 15) is 4.79 Å². The molecule has 0 spiro atoms. The van der Waals surface area contributed by atoms with Gasteiger partial charge >= 0.3 is 5.97 Å². The van der Waals surface area contributed by atoms with Crippen LogP contribution in [0.5, 0.6) is 0 Å². The number of furan rings is 1. The molecule has 0 amide bonds. The maximum absolute atomic E-state index is 11.0. The molecule has 3 rings (SSSR count). The quantitative estimate of drug-likeness (QED) is 0.904. The second kappa shape index (κ2) is 4.76. The summed E-state index contributed by atoms with van der Waals surface area (Å²) in [5, 5.41) is 20.5. The van der Waals surface area contributed by atoms with Crippen LogP contribution in [0.15, 0.2) is 21.2 Å². The van der Waals surface area contributed by atoms with Crippen LogP contribution in [-0.2, 0) is 4.79 Å². The lowest BCUT2D eigenvalue weighted by atomic mass is 10.1. The number of hydrogen-bond donors (Lipinski definition) is 1. The fourth-order valence-electron chi connectivity index (χ4n) is 2.13. The van der Waals surface area contributed by atoms with Crippen molar-refractivity contribution in [3.05, 3.63) is 16.8 Å². The molecule has 0 bridgehead atoms. The van der Waals surface area contributed by atoms with Crippen molar-refractivity contribution in [2.75, 3.05) is 0 Å². The van der Waals surface area contributed by atoms with Crippen LogP contribution in [-0.4, -0.2) is 31.3 Å². The van der Waals surface area contributed by atoms with Gasteiger partial charge in [0.25, 0.3) is 0 Å². The first-order chi connectivity index (χ1) is 9.15. The Labute approximate surface area is 116 Å². The zero-order valence-corrected chi connectivity index (χ0v) is 11.4. The summed E-state index contributed by atoms with van der Waals surface area (Å²) in [4.78, 5) is 11.0. The smallest absolute Gasteiger partial charge is 0.305 e. The lowest BCUT2D eigenvalue weighted by molar-refractivity contribution is -0.138. The summed E-state index contributed by atoms with van der Waals surface area (Å²) in [6.07, 6.45) is 2.04. The van der Waals surface area contributed by atoms with E-state index < -0.39 is 5.97 Å². The standard InChI is InChI=1S/C11H11BrN4O3/c12-9-4-3-8(19-9)11-13-14-15-16(11)7(5-10(17)18)6-1-2-6/h3-4,6-7H,1-2,5H2,(H,17,18). The summed E-state index contributed by atoms with van der Waals surface area (Å²) in [5.41, 5.74) is 0. The summed E-state index contributed by atoms with van der Waals surface area (Å²) < 4.78 is 7.58. The Hall–Kier alpha value is -1.70. The number of hydrogen-bond acceptors (Lipinski definition) is 5. The third-order valence-electron chi connectivity index (χ3n) is 3.15. The summed E-state index contributed by atoms with van der Waals surface area (Å²) in [7, 11) is 0. The van der Waals surface area contributed by atoms with E-state index in [1.165, 1.54) is 0 Å². The second-order valence-corrected chi connectivity index (χ2v) is 5.34. The summed E-state index contributed by atoms with van der Waals surface area (Å²) >= 11 is 3.22. The Balaban J connectivity index is 1.95. The molecule has 8 heteroatoms. The number of carboxylic acid groups (broad SMARTS) is 1. The molecule has 0 saturated heterocycles. The molecule has 1 saturated carbocycles. The first-order valence-corrected chi connectivity index (χ1v) is 6.70. The van der Waals surface area contributed by atoms with Crippen molar-refractivity contribution in [3.63, 3.8) is 0 Å².